The summed E-state index contributed by atoms with van der Waals surface area (Å²) in [4.78, 5) is 0. The second-order valence-corrected chi connectivity index (χ2v) is 6.74. The Kier molecular flexibility index (Phi) is 7.77. The van der Waals surface area contributed by atoms with E-state index in [0.29, 0.717) is 19.8 Å². The van der Waals surface area contributed by atoms with E-state index in [-0.39, 0.29) is 6.35 Å². The third kappa shape index (κ3) is 5.54. The van der Waals surface area contributed by atoms with Gasteiger partial charge < -0.3 is 18.5 Å². The minimum absolute atomic E-state index is 0.0624. The van der Waals surface area contributed by atoms with Gasteiger partial charge in [0.15, 0.2) is 0 Å². The standard InChI is InChI=1S/C13H20BrO5P/c1-4-18-20(15,19-5-2)10-17-9-11-6-7-12(14)13(8-11)16-3/h6-8H,4-5,9-10H2,1-3H3. The molecule has 114 valence electrons. The van der Waals surface area contributed by atoms with E-state index < -0.39 is 7.60 Å². The first-order valence-corrected chi connectivity index (χ1v) is 8.85. The van der Waals surface area contributed by atoms with Crippen LogP contribution in [0.25, 0.3) is 0 Å². The summed E-state index contributed by atoms with van der Waals surface area (Å²) < 4.78 is 34.0. The van der Waals surface area contributed by atoms with Gasteiger partial charge in [-0.15, -0.1) is 0 Å². The summed E-state index contributed by atoms with van der Waals surface area (Å²) in [6.07, 6.45) is -0.0624. The smallest absolute Gasteiger partial charge is 0.356 e. The Balaban J connectivity index is 2.56. The van der Waals surface area contributed by atoms with Crippen molar-refractivity contribution in [3.05, 3.63) is 28.2 Å². The molecular weight excluding hydrogens is 347 g/mol. The predicted molar refractivity (Wildman–Crippen MR) is 81.2 cm³/mol. The lowest BCUT2D eigenvalue weighted by atomic mass is 10.2. The molecule has 0 aliphatic rings. The summed E-state index contributed by atoms with van der Waals surface area (Å²) in [5.41, 5.74) is 0.921. The van der Waals surface area contributed by atoms with E-state index in [1.807, 2.05) is 18.2 Å². The van der Waals surface area contributed by atoms with E-state index in [9.17, 15) is 4.57 Å². The van der Waals surface area contributed by atoms with Gasteiger partial charge in [-0.1, -0.05) is 6.07 Å². The maximum atomic E-state index is 12.2. The Morgan fingerprint density at radius 3 is 2.40 bits per heavy atom. The van der Waals surface area contributed by atoms with Gasteiger partial charge in [0.25, 0.3) is 0 Å². The molecule has 0 aromatic heterocycles. The lowest BCUT2D eigenvalue weighted by molar-refractivity contribution is 0.123. The molecule has 0 fully saturated rings. The highest BCUT2D eigenvalue weighted by atomic mass is 79.9. The van der Waals surface area contributed by atoms with Gasteiger partial charge in [0, 0.05) is 0 Å². The zero-order chi connectivity index (χ0) is 15.0. The minimum atomic E-state index is -3.15. The summed E-state index contributed by atoms with van der Waals surface area (Å²) in [7, 11) is -1.55. The van der Waals surface area contributed by atoms with Crippen molar-refractivity contribution < 1.29 is 23.1 Å². The van der Waals surface area contributed by atoms with Crippen molar-refractivity contribution in [3.8, 4) is 5.75 Å². The molecule has 0 unspecified atom stereocenters. The molecule has 0 atom stereocenters. The van der Waals surface area contributed by atoms with Gasteiger partial charge in [-0.2, -0.15) is 0 Å². The number of ether oxygens (including phenoxy) is 2. The van der Waals surface area contributed by atoms with Crippen molar-refractivity contribution in [2.75, 3.05) is 26.7 Å². The highest BCUT2D eigenvalue weighted by Crippen LogP contribution is 2.48. The van der Waals surface area contributed by atoms with E-state index in [2.05, 4.69) is 15.9 Å². The molecule has 1 rings (SSSR count). The fourth-order valence-corrected chi connectivity index (χ4v) is 3.31. The number of halogens is 1. The molecule has 0 amide bonds. The normalized spacial score (nSPS) is 11.6. The SMILES string of the molecule is CCOP(=O)(COCc1ccc(Br)c(OC)c1)OCC. The molecule has 0 saturated heterocycles. The predicted octanol–water partition coefficient (Wildman–Crippen LogP) is 4.20. The van der Waals surface area contributed by atoms with Crippen LogP contribution >= 0.6 is 23.5 Å². The van der Waals surface area contributed by atoms with Crippen molar-refractivity contribution in [3.63, 3.8) is 0 Å². The molecule has 0 aliphatic heterocycles. The Morgan fingerprint density at radius 2 is 1.85 bits per heavy atom. The summed E-state index contributed by atoms with van der Waals surface area (Å²) in [5.74, 6) is 0.726. The minimum Gasteiger partial charge on any atom is -0.496 e. The third-order valence-electron chi connectivity index (χ3n) is 2.39. The lowest BCUT2D eigenvalue weighted by Gasteiger charge is -2.17. The fraction of sp³-hybridized carbons (Fsp3) is 0.538. The molecule has 0 spiro atoms. The van der Waals surface area contributed by atoms with E-state index >= 15 is 0 Å². The van der Waals surface area contributed by atoms with Crippen molar-refractivity contribution in [1.82, 2.24) is 0 Å². The first kappa shape index (κ1) is 17.7. The average molecular weight is 367 g/mol. The zero-order valence-electron chi connectivity index (χ0n) is 11.9. The lowest BCUT2D eigenvalue weighted by Crippen LogP contribution is -2.04. The van der Waals surface area contributed by atoms with Gasteiger partial charge in [0.1, 0.15) is 12.1 Å². The van der Waals surface area contributed by atoms with Gasteiger partial charge in [-0.05, 0) is 47.5 Å². The van der Waals surface area contributed by atoms with Crippen LogP contribution in [0.4, 0.5) is 0 Å². The molecule has 0 aliphatic carbocycles. The van der Waals surface area contributed by atoms with Crippen molar-refractivity contribution >= 4 is 23.5 Å². The Hall–Kier alpha value is -0.390. The molecule has 0 N–H and O–H groups in total. The molecule has 0 saturated carbocycles. The quantitative estimate of drug-likeness (QED) is 0.613. The van der Waals surface area contributed by atoms with Gasteiger partial charge >= 0.3 is 7.60 Å². The molecule has 20 heavy (non-hydrogen) atoms. The van der Waals surface area contributed by atoms with Crippen LogP contribution in [-0.2, 0) is 25.0 Å². The Morgan fingerprint density at radius 1 is 1.20 bits per heavy atom. The molecule has 1 aromatic carbocycles. The molecule has 5 nitrogen and oxygen atoms in total. The van der Waals surface area contributed by atoms with Crippen LogP contribution in [-0.4, -0.2) is 26.7 Å². The first-order valence-electron chi connectivity index (χ1n) is 6.33. The number of benzene rings is 1. The van der Waals surface area contributed by atoms with Crippen LogP contribution in [0.15, 0.2) is 22.7 Å². The monoisotopic (exact) mass is 366 g/mol. The van der Waals surface area contributed by atoms with Gasteiger partial charge in [-0.3, -0.25) is 4.57 Å². The number of rotatable bonds is 9. The topological polar surface area (TPSA) is 54.0 Å². The zero-order valence-corrected chi connectivity index (χ0v) is 14.4. The van der Waals surface area contributed by atoms with E-state index in [1.54, 1.807) is 21.0 Å². The van der Waals surface area contributed by atoms with E-state index in [1.165, 1.54) is 0 Å². The second kappa shape index (κ2) is 8.80. The molecule has 0 bridgehead atoms. The second-order valence-electron chi connectivity index (χ2n) is 3.89. The van der Waals surface area contributed by atoms with Crippen molar-refractivity contribution in [1.29, 1.82) is 0 Å². The third-order valence-corrected chi connectivity index (χ3v) is 4.84. The number of hydrogen-bond donors (Lipinski definition) is 0. The van der Waals surface area contributed by atoms with Gasteiger partial charge in [-0.25, -0.2) is 0 Å². The number of hydrogen-bond acceptors (Lipinski definition) is 5. The van der Waals surface area contributed by atoms with Crippen LogP contribution in [0.1, 0.15) is 19.4 Å². The molecule has 7 heteroatoms. The highest BCUT2D eigenvalue weighted by molar-refractivity contribution is 9.10. The van der Waals surface area contributed by atoms with Crippen LogP contribution in [0.2, 0.25) is 0 Å². The fourth-order valence-electron chi connectivity index (χ4n) is 1.57. The Bertz CT molecular complexity index is 456. The van der Waals surface area contributed by atoms with Crippen LogP contribution in [0, 0.1) is 0 Å². The highest BCUT2D eigenvalue weighted by Gasteiger charge is 2.23. The van der Waals surface area contributed by atoms with Crippen molar-refractivity contribution in [2.45, 2.75) is 20.5 Å². The first-order chi connectivity index (χ1) is 9.54. The number of methoxy groups -OCH3 is 1. The van der Waals surface area contributed by atoms with Gasteiger partial charge in [0.2, 0.25) is 0 Å². The Labute approximate surface area is 128 Å². The molecule has 0 heterocycles. The van der Waals surface area contributed by atoms with Crippen LogP contribution < -0.4 is 4.74 Å². The van der Waals surface area contributed by atoms with E-state index in [4.69, 9.17) is 18.5 Å². The molecular formula is C13H20BrO5P. The maximum absolute atomic E-state index is 12.2. The molecule has 1 aromatic rings. The average Bonchev–Trinajstić information content (AvgIpc) is 2.41. The van der Waals surface area contributed by atoms with Crippen LogP contribution in [0.3, 0.4) is 0 Å². The summed E-state index contributed by atoms with van der Waals surface area (Å²) in [5, 5.41) is 0. The summed E-state index contributed by atoms with van der Waals surface area (Å²) >= 11 is 3.38. The van der Waals surface area contributed by atoms with E-state index in [0.717, 1.165) is 15.8 Å². The summed E-state index contributed by atoms with van der Waals surface area (Å²) in [6.45, 7) is 4.50. The largest absolute Gasteiger partial charge is 0.496 e. The van der Waals surface area contributed by atoms with Crippen LogP contribution in [0.5, 0.6) is 5.75 Å². The van der Waals surface area contributed by atoms with Gasteiger partial charge in [0.05, 0.1) is 31.4 Å². The molecule has 0 radical (unpaired) electrons. The summed E-state index contributed by atoms with van der Waals surface area (Å²) in [6, 6.07) is 5.64. The maximum Gasteiger partial charge on any atom is 0.356 e. The van der Waals surface area contributed by atoms with Crippen molar-refractivity contribution in [2.24, 2.45) is 0 Å².